The summed E-state index contributed by atoms with van der Waals surface area (Å²) in [7, 11) is 6.28. The molecule has 21 nitrogen and oxygen atoms in total. The van der Waals surface area contributed by atoms with Crippen LogP contribution in [0.2, 0.25) is 0 Å². The molecule has 22 heteroatoms. The summed E-state index contributed by atoms with van der Waals surface area (Å²) in [5.74, 6) is 1.10. The Labute approximate surface area is 442 Å². The number of pyridine rings is 3. The number of hydrogen-bond donors (Lipinski definition) is 2. The summed E-state index contributed by atoms with van der Waals surface area (Å²) >= 11 is 0. The quantitative estimate of drug-likeness (QED) is 0.115. The third kappa shape index (κ3) is 10.3. The summed E-state index contributed by atoms with van der Waals surface area (Å²) in [6.45, 7) is 21.7. The van der Waals surface area contributed by atoms with E-state index in [9.17, 15) is 19.2 Å². The summed E-state index contributed by atoms with van der Waals surface area (Å²) < 4.78 is 31.9. The molecule has 0 saturated carbocycles. The molecule has 1 saturated heterocycles. The van der Waals surface area contributed by atoms with Gasteiger partial charge in [0.05, 0.1) is 60.8 Å². The minimum absolute atomic E-state index is 0.132. The predicted octanol–water partition coefficient (Wildman–Crippen LogP) is 4.34. The van der Waals surface area contributed by atoms with E-state index in [1.165, 1.54) is 15.8 Å². The number of methoxy groups -OCH3 is 2. The van der Waals surface area contributed by atoms with Crippen LogP contribution in [0.3, 0.4) is 0 Å². The Kier molecular flexibility index (Phi) is 14.4. The van der Waals surface area contributed by atoms with Gasteiger partial charge in [-0.05, 0) is 69.7 Å². The van der Waals surface area contributed by atoms with Gasteiger partial charge in [-0.25, -0.2) is 0 Å². The summed E-state index contributed by atoms with van der Waals surface area (Å²) in [6, 6.07) is 9.49. The van der Waals surface area contributed by atoms with E-state index in [0.717, 1.165) is 88.3 Å². The monoisotopic (exact) mass is 1040 g/mol. The minimum atomic E-state index is -0.540. The zero-order valence-corrected chi connectivity index (χ0v) is 45.4. The number of aldehydes is 1. The molecular formula is C54H70BN13O8. The normalized spacial score (nSPS) is 18.4. The van der Waals surface area contributed by atoms with Crippen LogP contribution in [-0.2, 0) is 78.4 Å². The number of rotatable bonds is 14. The van der Waals surface area contributed by atoms with Crippen LogP contribution in [0.15, 0.2) is 64.7 Å². The van der Waals surface area contributed by atoms with Gasteiger partial charge in [-0.3, -0.25) is 43.3 Å². The van der Waals surface area contributed by atoms with Gasteiger partial charge < -0.3 is 48.0 Å². The number of carbonyl (C=O) groups excluding carboxylic acids is 2. The molecule has 0 bridgehead atoms. The van der Waals surface area contributed by atoms with Gasteiger partial charge in [0.2, 0.25) is 0 Å². The maximum Gasteiger partial charge on any atom is 0.496 e. The minimum Gasteiger partial charge on any atom is -0.399 e. The Morgan fingerprint density at radius 2 is 1.29 bits per heavy atom. The number of ether oxygens (including phenoxy) is 2. The van der Waals surface area contributed by atoms with Crippen molar-refractivity contribution >= 4 is 53.5 Å². The molecule has 4 aliphatic heterocycles. The number of carbonyl (C=O) groups is 2. The van der Waals surface area contributed by atoms with E-state index in [-0.39, 0.29) is 22.4 Å². The summed E-state index contributed by atoms with van der Waals surface area (Å²) in [4.78, 5) is 63.2. The third-order valence-corrected chi connectivity index (χ3v) is 15.7. The van der Waals surface area contributed by atoms with Crippen LogP contribution in [0.1, 0.15) is 85.0 Å². The molecule has 0 spiro atoms. The lowest BCUT2D eigenvalue weighted by molar-refractivity contribution is 0.00578. The van der Waals surface area contributed by atoms with Crippen molar-refractivity contribution in [2.24, 2.45) is 19.5 Å². The first kappa shape index (κ1) is 52.7. The Morgan fingerprint density at radius 1 is 0.711 bits per heavy atom. The smallest absolute Gasteiger partial charge is 0.399 e. The molecule has 1 amide bonds. The fraction of sp³-hybridized carbons (Fsp3) is 0.500. The van der Waals surface area contributed by atoms with Crippen LogP contribution in [0.5, 0.6) is 0 Å². The van der Waals surface area contributed by atoms with Crippen molar-refractivity contribution in [3.63, 3.8) is 0 Å². The number of hydrogen-bond acceptors (Lipinski definition) is 15. The van der Waals surface area contributed by atoms with E-state index in [1.807, 2.05) is 55.3 Å². The fourth-order valence-corrected chi connectivity index (χ4v) is 10.9. The second-order valence-electron chi connectivity index (χ2n) is 22.4. The van der Waals surface area contributed by atoms with E-state index in [1.54, 1.807) is 74.7 Å². The highest BCUT2D eigenvalue weighted by atomic mass is 16.7. The Bertz CT molecular complexity index is 3300. The number of anilines is 5. The summed E-state index contributed by atoms with van der Waals surface area (Å²) in [5.41, 5.74) is 7.79. The summed E-state index contributed by atoms with van der Waals surface area (Å²) in [6.07, 6.45) is 9.30. The van der Waals surface area contributed by atoms with Crippen molar-refractivity contribution in [2.45, 2.75) is 98.3 Å². The van der Waals surface area contributed by atoms with E-state index in [4.69, 9.17) is 18.8 Å². The average molecular weight is 1040 g/mol. The van der Waals surface area contributed by atoms with Crippen LogP contribution in [0.4, 0.5) is 28.7 Å². The van der Waals surface area contributed by atoms with Crippen LogP contribution in [0.25, 0.3) is 11.1 Å². The number of nitrogens with one attached hydrogen (secondary N) is 2. The molecule has 402 valence electrons. The first-order chi connectivity index (χ1) is 36.2. The molecule has 0 unspecified atom stereocenters. The van der Waals surface area contributed by atoms with Crippen molar-refractivity contribution in [1.29, 1.82) is 0 Å². The fourth-order valence-electron chi connectivity index (χ4n) is 10.9. The topological polar surface area (TPSA) is 202 Å². The molecule has 1 aliphatic carbocycles. The second-order valence-corrected chi connectivity index (χ2v) is 22.4. The second kappa shape index (κ2) is 20.7. The van der Waals surface area contributed by atoms with Crippen molar-refractivity contribution in [3.8, 4) is 11.1 Å². The van der Waals surface area contributed by atoms with Gasteiger partial charge in [-0.2, -0.15) is 10.2 Å². The Morgan fingerprint density at radius 3 is 1.87 bits per heavy atom. The van der Waals surface area contributed by atoms with Gasteiger partial charge >= 0.3 is 7.12 Å². The standard InChI is InChI=1S/C33H38N8O4.C21H32BN5O4/c1-33(2)14-21-12-27-32(44)40(7-6-39(27)28(21)15-33)29-17-34-16-24(25(29)20-42)22-11-26(31(43)37(3)18-22)35-30-13-23-19-38(9-10-45-4)5-8-41(23)36-30;1-20(2)21(3,4)31-22(30-20)15-11-17(19(28)25(5)13-15)23-18-12-16-14-26(9-10-29-6)7-8-27(16)24-18/h11-13,16-18,20H,5-10,14-15,19H2,1-4H3,(H,35,36);11-13H,7-10,14H2,1-6H3,(H,23,24). The lowest BCUT2D eigenvalue weighted by atomic mass is 9.80. The highest BCUT2D eigenvalue weighted by Crippen LogP contribution is 2.41. The molecule has 11 rings (SSSR count). The predicted molar refractivity (Wildman–Crippen MR) is 290 cm³/mol. The zero-order chi connectivity index (χ0) is 53.8. The van der Waals surface area contributed by atoms with Gasteiger partial charge in [0, 0.05) is 139 Å². The SMILES string of the molecule is COCCN1CCn2nc(Nc3cc(-c4cncc(N5CCn6c(cc7c6CC(C)(C)C7)C5=O)c4C=O)cn(C)c3=O)cc2C1.COCCN1CCn2nc(Nc3cc(B4OC(C)(C)C(C)(C)O4)cn(C)c3=O)cc2C1. The largest absolute Gasteiger partial charge is 0.496 e. The summed E-state index contributed by atoms with van der Waals surface area (Å²) in [5, 5.41) is 15.7. The maximum atomic E-state index is 13.8. The zero-order valence-electron chi connectivity index (χ0n) is 45.4. The molecule has 2 N–H and O–H groups in total. The number of nitrogens with zero attached hydrogens (tertiary/aromatic N) is 11. The van der Waals surface area contributed by atoms with E-state index >= 15 is 0 Å². The van der Waals surface area contributed by atoms with Gasteiger partial charge in [0.15, 0.2) is 17.9 Å². The van der Waals surface area contributed by atoms with Crippen molar-refractivity contribution in [3.05, 3.63) is 110 Å². The molecule has 5 aliphatic rings. The first-order valence-corrected chi connectivity index (χ1v) is 26.1. The van der Waals surface area contributed by atoms with E-state index in [2.05, 4.69) is 54.0 Å². The van der Waals surface area contributed by atoms with Gasteiger partial charge in [0.25, 0.3) is 17.0 Å². The molecule has 0 radical (unpaired) electrons. The number of amides is 1. The van der Waals surface area contributed by atoms with Crippen LogP contribution in [0, 0.1) is 5.41 Å². The van der Waals surface area contributed by atoms with Crippen LogP contribution >= 0.6 is 0 Å². The molecule has 6 aromatic heterocycles. The third-order valence-electron chi connectivity index (χ3n) is 15.7. The number of aromatic nitrogens is 8. The average Bonchev–Trinajstić information content (AvgIpc) is 4.18. The highest BCUT2D eigenvalue weighted by molar-refractivity contribution is 6.62. The van der Waals surface area contributed by atoms with Crippen molar-refractivity contribution < 1.29 is 28.4 Å². The molecule has 10 heterocycles. The van der Waals surface area contributed by atoms with Gasteiger partial charge in [-0.15, -0.1) is 0 Å². The van der Waals surface area contributed by atoms with Crippen LogP contribution < -0.4 is 32.1 Å². The van der Waals surface area contributed by atoms with E-state index in [0.29, 0.717) is 77.4 Å². The van der Waals surface area contributed by atoms with Crippen LogP contribution in [-0.4, -0.2) is 139 Å². The lowest BCUT2D eigenvalue weighted by Crippen LogP contribution is -2.41. The molecule has 0 aromatic carbocycles. The van der Waals surface area contributed by atoms with Crippen molar-refractivity contribution in [1.82, 2.24) is 48.0 Å². The van der Waals surface area contributed by atoms with Crippen molar-refractivity contribution in [2.75, 3.05) is 75.7 Å². The number of aryl methyl sites for hydroxylation is 2. The molecule has 76 heavy (non-hydrogen) atoms. The Balaban J connectivity index is 0.000000186. The Hall–Kier alpha value is -6.69. The molecule has 6 aromatic rings. The molecule has 1 fully saturated rings. The maximum absolute atomic E-state index is 13.8. The molecular weight excluding hydrogens is 969 g/mol. The first-order valence-electron chi connectivity index (χ1n) is 26.1. The number of fused-ring (bicyclic) bond motifs is 5. The highest BCUT2D eigenvalue weighted by Gasteiger charge is 2.52. The molecule has 0 atom stereocenters. The van der Waals surface area contributed by atoms with Gasteiger partial charge in [0.1, 0.15) is 17.1 Å². The van der Waals surface area contributed by atoms with Gasteiger partial charge in [-0.1, -0.05) is 13.8 Å². The van der Waals surface area contributed by atoms with E-state index < -0.39 is 18.3 Å². The lowest BCUT2D eigenvalue weighted by Gasteiger charge is -2.32.